The van der Waals surface area contributed by atoms with Crippen LogP contribution >= 0.6 is 0 Å². The maximum Gasteiger partial charge on any atom is 0.341 e. The third-order valence-corrected chi connectivity index (χ3v) is 3.79. The van der Waals surface area contributed by atoms with Crippen LogP contribution in [0.15, 0.2) is 0 Å². The topological polar surface area (TPSA) is 48.1 Å². The van der Waals surface area contributed by atoms with E-state index >= 15 is 0 Å². The summed E-state index contributed by atoms with van der Waals surface area (Å²) in [6.45, 7) is 4.28. The van der Waals surface area contributed by atoms with Crippen LogP contribution in [-0.4, -0.2) is 37.0 Å². The van der Waals surface area contributed by atoms with Crippen LogP contribution in [0.5, 0.6) is 0 Å². The number of rotatable bonds is 5. The minimum absolute atomic E-state index is 0.0588. The molecule has 2 rings (SSSR count). The second kappa shape index (κ2) is 4.00. The molecule has 0 aromatic heterocycles. The summed E-state index contributed by atoms with van der Waals surface area (Å²) in [6.07, 6.45) is 3.58. The second-order valence-electron chi connectivity index (χ2n) is 4.55. The summed E-state index contributed by atoms with van der Waals surface area (Å²) in [6, 6.07) is 0. The van der Waals surface area contributed by atoms with Crippen LogP contribution in [0, 0.1) is 0 Å². The Labute approximate surface area is 96.2 Å². The van der Waals surface area contributed by atoms with Crippen LogP contribution in [0.4, 0.5) is 0 Å². The standard InChI is InChI=1S/C12H20O4/c1-4-7-12(10(13)15-5-2)11(16-12)8-6-9(11)14-3/h9H,4-8H2,1-3H3. The van der Waals surface area contributed by atoms with Gasteiger partial charge in [-0.1, -0.05) is 13.3 Å². The summed E-state index contributed by atoms with van der Waals surface area (Å²) in [7, 11) is 1.68. The van der Waals surface area contributed by atoms with Gasteiger partial charge in [0.15, 0.2) is 5.60 Å². The molecule has 4 heteroatoms. The SMILES string of the molecule is CCCC1(C(=O)OCC)OC12CCC2OC. The van der Waals surface area contributed by atoms with E-state index in [-0.39, 0.29) is 17.7 Å². The molecule has 16 heavy (non-hydrogen) atoms. The van der Waals surface area contributed by atoms with Gasteiger partial charge in [0.25, 0.3) is 0 Å². The van der Waals surface area contributed by atoms with Gasteiger partial charge in [0.2, 0.25) is 0 Å². The van der Waals surface area contributed by atoms with Gasteiger partial charge in [0.1, 0.15) is 5.60 Å². The molecule has 4 nitrogen and oxygen atoms in total. The van der Waals surface area contributed by atoms with E-state index in [0.717, 1.165) is 25.7 Å². The monoisotopic (exact) mass is 228 g/mol. The molecule has 1 aliphatic carbocycles. The highest BCUT2D eigenvalue weighted by molar-refractivity contribution is 5.85. The fraction of sp³-hybridized carbons (Fsp3) is 0.917. The molecular formula is C12H20O4. The maximum atomic E-state index is 12.0. The number of esters is 1. The van der Waals surface area contributed by atoms with Gasteiger partial charge in [-0.3, -0.25) is 0 Å². The van der Waals surface area contributed by atoms with Crippen LogP contribution in [-0.2, 0) is 19.0 Å². The Morgan fingerprint density at radius 1 is 1.50 bits per heavy atom. The Bertz CT molecular complexity index is 289. The predicted octanol–water partition coefficient (Wildman–Crippen LogP) is 1.67. The number of carbonyl (C=O) groups is 1. The van der Waals surface area contributed by atoms with Crippen LogP contribution < -0.4 is 0 Å². The van der Waals surface area contributed by atoms with Crippen LogP contribution in [0.2, 0.25) is 0 Å². The van der Waals surface area contributed by atoms with Crippen molar-refractivity contribution in [3.05, 3.63) is 0 Å². The molecule has 3 unspecified atom stereocenters. The number of hydrogen-bond acceptors (Lipinski definition) is 4. The maximum absolute atomic E-state index is 12.0. The molecule has 1 aliphatic heterocycles. The first-order chi connectivity index (χ1) is 7.66. The van der Waals surface area contributed by atoms with E-state index in [2.05, 4.69) is 6.92 Å². The quantitative estimate of drug-likeness (QED) is 0.530. The molecule has 0 radical (unpaired) electrons. The molecular weight excluding hydrogens is 208 g/mol. The van der Waals surface area contributed by atoms with Crippen molar-refractivity contribution in [2.45, 2.75) is 56.8 Å². The van der Waals surface area contributed by atoms with Crippen molar-refractivity contribution in [2.24, 2.45) is 0 Å². The average molecular weight is 228 g/mol. The fourth-order valence-electron chi connectivity index (χ4n) is 2.88. The van der Waals surface area contributed by atoms with Crippen molar-refractivity contribution in [3.8, 4) is 0 Å². The lowest BCUT2D eigenvalue weighted by Gasteiger charge is -2.35. The highest BCUT2D eigenvalue weighted by atomic mass is 16.7. The van der Waals surface area contributed by atoms with Crippen molar-refractivity contribution in [3.63, 3.8) is 0 Å². The minimum Gasteiger partial charge on any atom is -0.464 e. The van der Waals surface area contributed by atoms with Crippen molar-refractivity contribution in [1.29, 1.82) is 0 Å². The summed E-state index contributed by atoms with van der Waals surface area (Å²) in [4.78, 5) is 12.0. The molecule has 0 aromatic carbocycles. The molecule has 0 amide bonds. The molecule has 2 fully saturated rings. The van der Waals surface area contributed by atoms with E-state index < -0.39 is 5.60 Å². The van der Waals surface area contributed by atoms with Gasteiger partial charge < -0.3 is 14.2 Å². The molecule has 0 aromatic rings. The number of hydrogen-bond donors (Lipinski definition) is 0. The normalized spacial score (nSPS) is 40.6. The lowest BCUT2D eigenvalue weighted by Crippen LogP contribution is -2.50. The van der Waals surface area contributed by atoms with Crippen molar-refractivity contribution < 1.29 is 19.0 Å². The Kier molecular flexibility index (Phi) is 2.97. The summed E-state index contributed by atoms with van der Waals surface area (Å²) >= 11 is 0. The predicted molar refractivity (Wildman–Crippen MR) is 58.1 cm³/mol. The zero-order valence-electron chi connectivity index (χ0n) is 10.2. The number of ether oxygens (including phenoxy) is 3. The second-order valence-corrected chi connectivity index (χ2v) is 4.55. The molecule has 2 aliphatic rings. The third kappa shape index (κ3) is 1.32. The number of methoxy groups -OCH3 is 1. The van der Waals surface area contributed by atoms with E-state index in [4.69, 9.17) is 14.2 Å². The Morgan fingerprint density at radius 2 is 2.25 bits per heavy atom. The highest BCUT2D eigenvalue weighted by Crippen LogP contribution is 2.63. The van der Waals surface area contributed by atoms with Gasteiger partial charge in [-0.2, -0.15) is 0 Å². The van der Waals surface area contributed by atoms with E-state index in [1.165, 1.54) is 0 Å². The summed E-state index contributed by atoms with van der Waals surface area (Å²) in [5.41, 5.74) is -1.08. The van der Waals surface area contributed by atoms with Crippen molar-refractivity contribution in [2.75, 3.05) is 13.7 Å². The zero-order chi connectivity index (χ0) is 11.8. The van der Waals surface area contributed by atoms with Gasteiger partial charge >= 0.3 is 5.97 Å². The molecule has 0 N–H and O–H groups in total. The minimum atomic E-state index is -0.712. The third-order valence-electron chi connectivity index (χ3n) is 3.79. The molecule has 1 heterocycles. The van der Waals surface area contributed by atoms with Gasteiger partial charge in [-0.15, -0.1) is 0 Å². The average Bonchev–Trinajstić information content (AvgIpc) is 2.91. The van der Waals surface area contributed by atoms with Crippen LogP contribution in [0.1, 0.15) is 39.5 Å². The first-order valence-corrected chi connectivity index (χ1v) is 6.07. The fourth-order valence-corrected chi connectivity index (χ4v) is 2.88. The first-order valence-electron chi connectivity index (χ1n) is 6.07. The van der Waals surface area contributed by atoms with Crippen molar-refractivity contribution in [1.82, 2.24) is 0 Å². The van der Waals surface area contributed by atoms with Gasteiger partial charge in [0.05, 0.1) is 12.7 Å². The van der Waals surface area contributed by atoms with Gasteiger partial charge in [-0.25, -0.2) is 4.79 Å². The lowest BCUT2D eigenvalue weighted by atomic mass is 9.71. The molecule has 3 atom stereocenters. The number of carbonyl (C=O) groups excluding carboxylic acids is 1. The molecule has 0 bridgehead atoms. The largest absolute Gasteiger partial charge is 0.464 e. The smallest absolute Gasteiger partial charge is 0.341 e. The molecule has 92 valence electrons. The molecule has 1 saturated heterocycles. The Morgan fingerprint density at radius 3 is 2.69 bits per heavy atom. The van der Waals surface area contributed by atoms with Crippen LogP contribution in [0.3, 0.4) is 0 Å². The van der Waals surface area contributed by atoms with E-state index in [0.29, 0.717) is 6.61 Å². The van der Waals surface area contributed by atoms with E-state index in [1.54, 1.807) is 7.11 Å². The molecule has 1 spiro atoms. The zero-order valence-corrected chi connectivity index (χ0v) is 10.2. The lowest BCUT2D eigenvalue weighted by molar-refractivity contribution is -0.150. The summed E-state index contributed by atoms with van der Waals surface area (Å²) < 4.78 is 16.3. The first kappa shape index (κ1) is 11.9. The van der Waals surface area contributed by atoms with Crippen molar-refractivity contribution >= 4 is 5.97 Å². The van der Waals surface area contributed by atoms with Crippen LogP contribution in [0.25, 0.3) is 0 Å². The molecule has 1 saturated carbocycles. The Hall–Kier alpha value is -0.610. The highest BCUT2D eigenvalue weighted by Gasteiger charge is 2.81. The summed E-state index contributed by atoms with van der Waals surface area (Å²) in [5.74, 6) is -0.210. The Balaban J connectivity index is 2.12. The van der Waals surface area contributed by atoms with E-state index in [9.17, 15) is 4.79 Å². The van der Waals surface area contributed by atoms with Gasteiger partial charge in [-0.05, 0) is 26.2 Å². The number of epoxide rings is 1. The van der Waals surface area contributed by atoms with Gasteiger partial charge in [0, 0.05) is 7.11 Å². The van der Waals surface area contributed by atoms with E-state index in [1.807, 2.05) is 6.92 Å². The summed E-state index contributed by atoms with van der Waals surface area (Å²) in [5, 5.41) is 0.